The Bertz CT molecular complexity index is 487. The van der Waals surface area contributed by atoms with Gasteiger partial charge in [0.2, 0.25) is 0 Å². The third-order valence-electron chi connectivity index (χ3n) is 3.45. The second-order valence-electron chi connectivity index (χ2n) is 4.82. The van der Waals surface area contributed by atoms with Crippen molar-refractivity contribution in [1.82, 2.24) is 15.3 Å². The molecule has 1 atom stereocenters. The first-order valence-corrected chi connectivity index (χ1v) is 6.49. The molecule has 0 bridgehead atoms. The van der Waals surface area contributed by atoms with Crippen molar-refractivity contribution in [3.05, 3.63) is 48.5 Å². The topological polar surface area (TPSA) is 37.8 Å². The summed E-state index contributed by atoms with van der Waals surface area (Å²) < 4.78 is 0. The van der Waals surface area contributed by atoms with Crippen LogP contribution in [0.3, 0.4) is 0 Å². The highest BCUT2D eigenvalue weighted by atomic mass is 14.9. The van der Waals surface area contributed by atoms with Gasteiger partial charge in [0.05, 0.1) is 0 Å². The molecule has 0 aliphatic carbocycles. The summed E-state index contributed by atoms with van der Waals surface area (Å²) in [5.41, 5.74) is 2.26. The van der Waals surface area contributed by atoms with E-state index in [0.717, 1.165) is 30.9 Å². The number of benzene rings is 1. The van der Waals surface area contributed by atoms with Crippen LogP contribution in [0.15, 0.2) is 42.7 Å². The second-order valence-corrected chi connectivity index (χ2v) is 4.82. The van der Waals surface area contributed by atoms with E-state index in [1.54, 1.807) is 0 Å². The molecule has 3 nitrogen and oxygen atoms in total. The third kappa shape index (κ3) is 2.57. The van der Waals surface area contributed by atoms with E-state index in [4.69, 9.17) is 0 Å². The van der Waals surface area contributed by atoms with Gasteiger partial charge in [0.1, 0.15) is 5.82 Å². The zero-order valence-corrected chi connectivity index (χ0v) is 10.3. The fourth-order valence-electron chi connectivity index (χ4n) is 2.39. The Morgan fingerprint density at radius 3 is 2.50 bits per heavy atom. The molecule has 18 heavy (non-hydrogen) atoms. The van der Waals surface area contributed by atoms with Crippen LogP contribution in [0.25, 0.3) is 11.1 Å². The van der Waals surface area contributed by atoms with Gasteiger partial charge >= 0.3 is 0 Å². The van der Waals surface area contributed by atoms with E-state index in [2.05, 4.69) is 27.4 Å². The third-order valence-corrected chi connectivity index (χ3v) is 3.45. The van der Waals surface area contributed by atoms with Crippen molar-refractivity contribution in [3.8, 4) is 11.1 Å². The van der Waals surface area contributed by atoms with Gasteiger partial charge in [-0.05, 0) is 31.0 Å². The van der Waals surface area contributed by atoms with Crippen LogP contribution in [0.1, 0.15) is 12.2 Å². The minimum absolute atomic E-state index is 0.701. The molecule has 1 aromatic carbocycles. The Labute approximate surface area is 107 Å². The normalized spacial score (nSPS) is 19.0. The molecule has 1 aliphatic heterocycles. The molecular formula is C15H17N3. The molecule has 3 rings (SSSR count). The minimum Gasteiger partial charge on any atom is -0.316 e. The minimum atomic E-state index is 0.701. The molecule has 3 heteroatoms. The van der Waals surface area contributed by atoms with Gasteiger partial charge in [-0.25, -0.2) is 9.97 Å². The van der Waals surface area contributed by atoms with Crippen LogP contribution in [0.5, 0.6) is 0 Å². The maximum atomic E-state index is 4.48. The first-order chi connectivity index (χ1) is 8.92. The molecule has 1 aromatic heterocycles. The fourth-order valence-corrected chi connectivity index (χ4v) is 2.39. The van der Waals surface area contributed by atoms with Gasteiger partial charge in [-0.2, -0.15) is 0 Å². The Balaban J connectivity index is 1.72. The molecule has 0 amide bonds. The lowest BCUT2D eigenvalue weighted by Crippen LogP contribution is -2.12. The van der Waals surface area contributed by atoms with Gasteiger partial charge in [0.25, 0.3) is 0 Å². The van der Waals surface area contributed by atoms with Crippen LogP contribution in [0.4, 0.5) is 0 Å². The van der Waals surface area contributed by atoms with Gasteiger partial charge < -0.3 is 5.32 Å². The van der Waals surface area contributed by atoms with Crippen molar-refractivity contribution in [2.75, 3.05) is 13.1 Å². The summed E-state index contributed by atoms with van der Waals surface area (Å²) in [5, 5.41) is 3.37. The molecule has 0 radical (unpaired) electrons. The Hall–Kier alpha value is -1.74. The summed E-state index contributed by atoms with van der Waals surface area (Å²) in [6.45, 7) is 2.23. The lowest BCUT2D eigenvalue weighted by atomic mass is 10.0. The van der Waals surface area contributed by atoms with Crippen molar-refractivity contribution in [2.45, 2.75) is 12.8 Å². The van der Waals surface area contributed by atoms with Crippen molar-refractivity contribution in [3.63, 3.8) is 0 Å². The van der Waals surface area contributed by atoms with E-state index in [1.807, 2.05) is 30.6 Å². The first kappa shape index (κ1) is 11.4. The molecule has 1 aliphatic rings. The average molecular weight is 239 g/mol. The Kier molecular flexibility index (Phi) is 3.33. The highest BCUT2D eigenvalue weighted by Crippen LogP contribution is 2.18. The van der Waals surface area contributed by atoms with Crippen LogP contribution < -0.4 is 5.32 Å². The van der Waals surface area contributed by atoms with E-state index < -0.39 is 0 Å². The van der Waals surface area contributed by atoms with Crippen molar-refractivity contribution < 1.29 is 0 Å². The fraction of sp³-hybridized carbons (Fsp3) is 0.333. The predicted molar refractivity (Wildman–Crippen MR) is 72.1 cm³/mol. The maximum absolute atomic E-state index is 4.48. The SMILES string of the molecule is c1ccc(-c2cnc(CC3CCNC3)nc2)cc1. The van der Waals surface area contributed by atoms with Crippen LogP contribution >= 0.6 is 0 Å². The van der Waals surface area contributed by atoms with Gasteiger partial charge in [-0.1, -0.05) is 30.3 Å². The molecule has 1 fully saturated rings. The summed E-state index contributed by atoms with van der Waals surface area (Å²) in [7, 11) is 0. The number of aromatic nitrogens is 2. The van der Waals surface area contributed by atoms with Gasteiger partial charge in [-0.3, -0.25) is 0 Å². The average Bonchev–Trinajstić information content (AvgIpc) is 2.94. The van der Waals surface area contributed by atoms with Crippen LogP contribution in [0, 0.1) is 5.92 Å². The van der Waals surface area contributed by atoms with Crippen LogP contribution in [0.2, 0.25) is 0 Å². The smallest absolute Gasteiger partial charge is 0.128 e. The molecular weight excluding hydrogens is 222 g/mol. The zero-order chi connectivity index (χ0) is 12.2. The molecule has 2 aromatic rings. The van der Waals surface area contributed by atoms with E-state index >= 15 is 0 Å². The highest BCUT2D eigenvalue weighted by molar-refractivity contribution is 5.60. The molecule has 92 valence electrons. The van der Waals surface area contributed by atoms with Crippen LogP contribution in [-0.2, 0) is 6.42 Å². The molecule has 0 saturated carbocycles. The van der Waals surface area contributed by atoms with Gasteiger partial charge in [0, 0.05) is 24.4 Å². The van der Waals surface area contributed by atoms with Crippen LogP contribution in [-0.4, -0.2) is 23.1 Å². The quantitative estimate of drug-likeness (QED) is 0.893. The summed E-state index contributed by atoms with van der Waals surface area (Å²) in [6.07, 6.45) is 6.09. The highest BCUT2D eigenvalue weighted by Gasteiger charge is 2.15. The molecule has 1 saturated heterocycles. The molecule has 1 unspecified atom stereocenters. The van der Waals surface area contributed by atoms with E-state index in [1.165, 1.54) is 12.0 Å². The lowest BCUT2D eigenvalue weighted by molar-refractivity contribution is 0.561. The summed E-state index contributed by atoms with van der Waals surface area (Å²) in [6, 6.07) is 10.3. The van der Waals surface area contributed by atoms with E-state index in [0.29, 0.717) is 5.92 Å². The van der Waals surface area contributed by atoms with Gasteiger partial charge in [0.15, 0.2) is 0 Å². The Morgan fingerprint density at radius 2 is 1.83 bits per heavy atom. The molecule has 2 heterocycles. The predicted octanol–water partition coefficient (Wildman–Crippen LogP) is 2.30. The lowest BCUT2D eigenvalue weighted by Gasteiger charge is -2.07. The van der Waals surface area contributed by atoms with E-state index in [-0.39, 0.29) is 0 Å². The number of rotatable bonds is 3. The maximum Gasteiger partial charge on any atom is 0.128 e. The zero-order valence-electron chi connectivity index (χ0n) is 10.3. The summed E-state index contributed by atoms with van der Waals surface area (Å²) in [4.78, 5) is 8.96. The number of hydrogen-bond donors (Lipinski definition) is 1. The number of nitrogens with one attached hydrogen (secondary N) is 1. The molecule has 1 N–H and O–H groups in total. The summed E-state index contributed by atoms with van der Waals surface area (Å²) >= 11 is 0. The molecule has 0 spiro atoms. The standard InChI is InChI=1S/C15H17N3/c1-2-4-13(5-3-1)14-10-17-15(18-11-14)8-12-6-7-16-9-12/h1-5,10-12,16H,6-9H2. The van der Waals surface area contributed by atoms with Gasteiger partial charge in [-0.15, -0.1) is 0 Å². The van der Waals surface area contributed by atoms with Crippen molar-refractivity contribution in [2.24, 2.45) is 5.92 Å². The van der Waals surface area contributed by atoms with Crippen molar-refractivity contribution >= 4 is 0 Å². The first-order valence-electron chi connectivity index (χ1n) is 6.49. The second kappa shape index (κ2) is 5.27. The number of nitrogens with zero attached hydrogens (tertiary/aromatic N) is 2. The van der Waals surface area contributed by atoms with E-state index in [9.17, 15) is 0 Å². The monoisotopic (exact) mass is 239 g/mol. The van der Waals surface area contributed by atoms with Crippen molar-refractivity contribution in [1.29, 1.82) is 0 Å². The number of hydrogen-bond acceptors (Lipinski definition) is 3. The largest absolute Gasteiger partial charge is 0.316 e. The Morgan fingerprint density at radius 1 is 1.06 bits per heavy atom. The summed E-state index contributed by atoms with van der Waals surface area (Å²) in [5.74, 6) is 1.66.